The number of benzene rings is 2. The normalized spacial score (nSPS) is 10.2. The Labute approximate surface area is 92.9 Å². The van der Waals surface area contributed by atoms with E-state index in [-0.39, 0.29) is 4.99 Å². The van der Waals surface area contributed by atoms with Crippen LogP contribution in [0.3, 0.4) is 0 Å². The van der Waals surface area contributed by atoms with Crippen LogP contribution in [0.1, 0.15) is 0 Å². The number of thiocarbonyl (C=S) groups is 1. The maximum Gasteiger partial charge on any atom is 0.140 e. The molecule has 1 nitrogen and oxygen atoms in total. The Bertz CT molecular complexity index is 490. The SMILES string of the molecule is FCC(=S)Nc1cccc2ccccc12. The van der Waals surface area contributed by atoms with Crippen LogP contribution in [0, 0.1) is 0 Å². The quantitative estimate of drug-likeness (QED) is 0.775. The second kappa shape index (κ2) is 4.36. The number of rotatable bonds is 2. The standard InChI is InChI=1S/C12H10FNS/c13-8-12(15)14-11-7-3-5-9-4-1-2-6-10(9)11/h1-7H,8H2,(H,14,15). The summed E-state index contributed by atoms with van der Waals surface area (Å²) in [4.78, 5) is 0.214. The summed E-state index contributed by atoms with van der Waals surface area (Å²) in [6, 6.07) is 13.7. The molecule has 0 atom stereocenters. The lowest BCUT2D eigenvalue weighted by atomic mass is 10.1. The molecule has 0 saturated carbocycles. The molecule has 2 aromatic carbocycles. The molecule has 0 radical (unpaired) electrons. The van der Waals surface area contributed by atoms with Crippen molar-refractivity contribution in [3.05, 3.63) is 42.5 Å². The highest BCUT2D eigenvalue weighted by molar-refractivity contribution is 7.80. The minimum atomic E-state index is -0.626. The molecule has 0 aliphatic rings. The number of hydrogen-bond donors (Lipinski definition) is 1. The summed E-state index contributed by atoms with van der Waals surface area (Å²) < 4.78 is 12.3. The first-order chi connectivity index (χ1) is 7.31. The Kier molecular flexibility index (Phi) is 2.92. The van der Waals surface area contributed by atoms with E-state index in [0.29, 0.717) is 0 Å². The van der Waals surface area contributed by atoms with Crippen LogP contribution in [0.25, 0.3) is 10.8 Å². The summed E-state index contributed by atoms with van der Waals surface area (Å²) >= 11 is 4.81. The molecule has 0 unspecified atom stereocenters. The highest BCUT2D eigenvalue weighted by Gasteiger charge is 2.01. The molecule has 0 amide bonds. The molecule has 0 aromatic heterocycles. The molecular weight excluding hydrogens is 209 g/mol. The van der Waals surface area contributed by atoms with Crippen molar-refractivity contribution in [2.45, 2.75) is 0 Å². The monoisotopic (exact) mass is 219 g/mol. The Morgan fingerprint density at radius 2 is 1.87 bits per heavy atom. The maximum absolute atomic E-state index is 12.3. The number of hydrogen-bond acceptors (Lipinski definition) is 1. The van der Waals surface area contributed by atoms with Crippen molar-refractivity contribution in [3.8, 4) is 0 Å². The lowest BCUT2D eigenvalue weighted by Crippen LogP contribution is -2.10. The van der Waals surface area contributed by atoms with Crippen molar-refractivity contribution in [1.82, 2.24) is 0 Å². The summed E-state index contributed by atoms with van der Waals surface area (Å²) in [5, 5.41) is 5.06. The maximum atomic E-state index is 12.3. The van der Waals surface area contributed by atoms with Crippen molar-refractivity contribution in [1.29, 1.82) is 0 Å². The Hall–Kier alpha value is -1.48. The van der Waals surface area contributed by atoms with Crippen LogP contribution < -0.4 is 5.32 Å². The molecule has 2 rings (SSSR count). The van der Waals surface area contributed by atoms with E-state index in [1.54, 1.807) is 0 Å². The average molecular weight is 219 g/mol. The fourth-order valence-electron chi connectivity index (χ4n) is 1.52. The fourth-order valence-corrected chi connectivity index (χ4v) is 1.63. The zero-order chi connectivity index (χ0) is 10.7. The van der Waals surface area contributed by atoms with Gasteiger partial charge in [0.1, 0.15) is 11.7 Å². The van der Waals surface area contributed by atoms with Crippen molar-refractivity contribution >= 4 is 33.7 Å². The number of anilines is 1. The van der Waals surface area contributed by atoms with Gasteiger partial charge in [-0.2, -0.15) is 0 Å². The van der Waals surface area contributed by atoms with Gasteiger partial charge in [-0.25, -0.2) is 4.39 Å². The lowest BCUT2D eigenvalue weighted by Gasteiger charge is -2.08. The van der Waals surface area contributed by atoms with Gasteiger partial charge in [-0.05, 0) is 11.5 Å². The zero-order valence-corrected chi connectivity index (χ0v) is 8.85. The predicted molar refractivity (Wildman–Crippen MR) is 66.1 cm³/mol. The van der Waals surface area contributed by atoms with Crippen LogP contribution >= 0.6 is 12.2 Å². The van der Waals surface area contributed by atoms with Crippen LogP contribution in [0.15, 0.2) is 42.5 Å². The van der Waals surface area contributed by atoms with E-state index in [1.165, 1.54) is 0 Å². The van der Waals surface area contributed by atoms with Gasteiger partial charge in [0.25, 0.3) is 0 Å². The highest BCUT2D eigenvalue weighted by atomic mass is 32.1. The second-order valence-corrected chi connectivity index (χ2v) is 3.70. The van der Waals surface area contributed by atoms with Crippen molar-refractivity contribution in [2.75, 3.05) is 12.0 Å². The molecular formula is C12H10FNS. The van der Waals surface area contributed by atoms with Gasteiger partial charge in [-0.1, -0.05) is 48.6 Å². The van der Waals surface area contributed by atoms with Gasteiger partial charge >= 0.3 is 0 Å². The number of nitrogens with one attached hydrogen (secondary N) is 1. The highest BCUT2D eigenvalue weighted by Crippen LogP contribution is 2.22. The summed E-state index contributed by atoms with van der Waals surface area (Å²) in [7, 11) is 0. The van der Waals surface area contributed by atoms with Crippen LogP contribution in [0.2, 0.25) is 0 Å². The van der Waals surface area contributed by atoms with Gasteiger partial charge in [-0.15, -0.1) is 0 Å². The first kappa shape index (κ1) is 10.1. The van der Waals surface area contributed by atoms with Crippen LogP contribution in [0.5, 0.6) is 0 Å². The van der Waals surface area contributed by atoms with Gasteiger partial charge in [0.15, 0.2) is 0 Å². The van der Waals surface area contributed by atoms with Crippen molar-refractivity contribution in [2.24, 2.45) is 0 Å². The van der Waals surface area contributed by atoms with E-state index in [4.69, 9.17) is 12.2 Å². The number of halogens is 1. The van der Waals surface area contributed by atoms with Crippen molar-refractivity contribution < 1.29 is 4.39 Å². The molecule has 0 bridgehead atoms. The van der Waals surface area contributed by atoms with Crippen LogP contribution in [-0.2, 0) is 0 Å². The molecule has 0 heterocycles. The van der Waals surface area contributed by atoms with Crippen LogP contribution in [-0.4, -0.2) is 11.7 Å². The fraction of sp³-hybridized carbons (Fsp3) is 0.0833. The third kappa shape index (κ3) is 2.13. The number of alkyl halides is 1. The third-order valence-electron chi connectivity index (χ3n) is 2.19. The molecule has 0 saturated heterocycles. The van der Waals surface area contributed by atoms with Gasteiger partial charge in [0, 0.05) is 11.1 Å². The summed E-state index contributed by atoms with van der Waals surface area (Å²) in [6.07, 6.45) is 0. The molecule has 1 N–H and O–H groups in total. The Morgan fingerprint density at radius 3 is 2.67 bits per heavy atom. The zero-order valence-electron chi connectivity index (χ0n) is 8.03. The van der Waals surface area contributed by atoms with E-state index < -0.39 is 6.67 Å². The average Bonchev–Trinajstić information content (AvgIpc) is 2.29. The molecule has 2 aromatic rings. The molecule has 15 heavy (non-hydrogen) atoms. The number of fused-ring (bicyclic) bond motifs is 1. The third-order valence-corrected chi connectivity index (χ3v) is 2.40. The van der Waals surface area contributed by atoms with E-state index >= 15 is 0 Å². The van der Waals surface area contributed by atoms with Crippen LogP contribution in [0.4, 0.5) is 10.1 Å². The minimum absolute atomic E-state index is 0.214. The minimum Gasteiger partial charge on any atom is -0.347 e. The van der Waals surface area contributed by atoms with Crippen molar-refractivity contribution in [3.63, 3.8) is 0 Å². The van der Waals surface area contributed by atoms with Gasteiger partial charge < -0.3 is 5.32 Å². The lowest BCUT2D eigenvalue weighted by molar-refractivity contribution is 0.585. The first-order valence-corrected chi connectivity index (χ1v) is 5.05. The van der Waals surface area contributed by atoms with Gasteiger partial charge in [-0.3, -0.25) is 0 Å². The molecule has 0 spiro atoms. The Morgan fingerprint density at radius 1 is 1.13 bits per heavy atom. The summed E-state index contributed by atoms with van der Waals surface area (Å²) in [6.45, 7) is -0.626. The van der Waals surface area contributed by atoms with E-state index in [1.807, 2.05) is 42.5 Å². The van der Waals surface area contributed by atoms with E-state index in [9.17, 15) is 4.39 Å². The van der Waals surface area contributed by atoms with Gasteiger partial charge in [0.05, 0.1) is 0 Å². The van der Waals surface area contributed by atoms with Gasteiger partial charge in [0.2, 0.25) is 0 Å². The molecule has 0 fully saturated rings. The largest absolute Gasteiger partial charge is 0.347 e. The van der Waals surface area contributed by atoms with E-state index in [0.717, 1.165) is 16.5 Å². The molecule has 0 aliphatic carbocycles. The van der Waals surface area contributed by atoms with E-state index in [2.05, 4.69) is 5.32 Å². The smallest absolute Gasteiger partial charge is 0.140 e. The topological polar surface area (TPSA) is 12.0 Å². The first-order valence-electron chi connectivity index (χ1n) is 4.65. The Balaban J connectivity index is 2.46. The summed E-state index contributed by atoms with van der Waals surface area (Å²) in [5.74, 6) is 0. The summed E-state index contributed by atoms with van der Waals surface area (Å²) in [5.41, 5.74) is 0.857. The molecule has 0 aliphatic heterocycles. The molecule has 3 heteroatoms. The predicted octanol–water partition coefficient (Wildman–Crippen LogP) is 3.55. The second-order valence-electron chi connectivity index (χ2n) is 3.21. The molecule has 76 valence electrons.